The summed E-state index contributed by atoms with van der Waals surface area (Å²) in [5.74, 6) is 5.88. The first-order chi connectivity index (χ1) is 11.7. The number of aromatic nitrogens is 1. The van der Waals surface area contributed by atoms with Crippen molar-refractivity contribution in [3.63, 3.8) is 0 Å². The summed E-state index contributed by atoms with van der Waals surface area (Å²) in [6.07, 6.45) is 2.58. The van der Waals surface area contributed by atoms with Crippen molar-refractivity contribution in [2.45, 2.75) is 0 Å². The van der Waals surface area contributed by atoms with Gasteiger partial charge in [-0.3, -0.25) is 4.79 Å². The molecule has 4 heteroatoms. The molecule has 1 aromatic heterocycles. The van der Waals surface area contributed by atoms with Gasteiger partial charge in [-0.2, -0.15) is 4.73 Å². The van der Waals surface area contributed by atoms with Crippen molar-refractivity contribution < 1.29 is 9.52 Å². The van der Waals surface area contributed by atoms with Gasteiger partial charge in [-0.25, -0.2) is 0 Å². The topological polar surface area (TPSA) is 56.0 Å². The zero-order valence-electron chi connectivity index (χ0n) is 12.8. The van der Waals surface area contributed by atoms with Crippen LogP contribution in [0, 0.1) is 17.0 Å². The van der Waals surface area contributed by atoms with E-state index < -0.39 is 0 Å². The van der Waals surface area contributed by atoms with Crippen LogP contribution in [-0.4, -0.2) is 5.91 Å². The Morgan fingerprint density at radius 1 is 0.875 bits per heavy atom. The van der Waals surface area contributed by atoms with Crippen LogP contribution in [0.5, 0.6) is 0 Å². The maximum Gasteiger partial charge on any atom is 0.256 e. The fraction of sp³-hybridized carbons (Fsp3) is 0. The number of rotatable bonds is 2. The number of benzene rings is 2. The molecule has 4 nitrogen and oxygen atoms in total. The standard InChI is InChI=1S/C20H14N2O2/c23-20(18-11-13-22(24)14-12-18)21-19-8-4-7-17(15-19)10-9-16-5-2-1-3-6-16/h1-8,11-15H,(H,21,23). The molecule has 0 saturated carbocycles. The van der Waals surface area contributed by atoms with Crippen LogP contribution in [0.4, 0.5) is 5.69 Å². The molecule has 0 aliphatic carbocycles. The van der Waals surface area contributed by atoms with Crippen molar-refractivity contribution in [3.8, 4) is 11.8 Å². The third-order valence-electron chi connectivity index (χ3n) is 3.31. The van der Waals surface area contributed by atoms with Crippen molar-refractivity contribution >= 4 is 11.6 Å². The number of nitrogens with one attached hydrogen (secondary N) is 1. The van der Waals surface area contributed by atoms with Gasteiger partial charge in [-0.1, -0.05) is 36.1 Å². The Hall–Kier alpha value is -3.58. The summed E-state index contributed by atoms with van der Waals surface area (Å²) in [6, 6.07) is 20.0. The van der Waals surface area contributed by atoms with Gasteiger partial charge >= 0.3 is 0 Å². The Morgan fingerprint density at radius 3 is 2.29 bits per heavy atom. The molecule has 0 bridgehead atoms. The zero-order valence-corrected chi connectivity index (χ0v) is 12.8. The molecule has 0 unspecified atom stereocenters. The smallest absolute Gasteiger partial charge is 0.256 e. The third kappa shape index (κ3) is 3.99. The molecule has 0 atom stereocenters. The number of nitrogens with zero attached hydrogens (tertiary/aromatic N) is 1. The summed E-state index contributed by atoms with van der Waals surface area (Å²) in [5.41, 5.74) is 2.81. The highest BCUT2D eigenvalue weighted by atomic mass is 16.5. The molecule has 0 aliphatic heterocycles. The van der Waals surface area contributed by atoms with Crippen LogP contribution in [0.15, 0.2) is 79.1 Å². The first-order valence-electron chi connectivity index (χ1n) is 7.38. The third-order valence-corrected chi connectivity index (χ3v) is 3.31. The quantitative estimate of drug-likeness (QED) is 0.449. The fourth-order valence-corrected chi connectivity index (χ4v) is 2.11. The molecule has 3 rings (SSSR count). The van der Waals surface area contributed by atoms with E-state index in [-0.39, 0.29) is 5.91 Å². The maximum absolute atomic E-state index is 12.2. The number of carbonyl (C=O) groups is 1. The van der Waals surface area contributed by atoms with Gasteiger partial charge in [0.2, 0.25) is 0 Å². The lowest BCUT2D eigenvalue weighted by Crippen LogP contribution is -2.25. The van der Waals surface area contributed by atoms with Crippen molar-refractivity contribution in [3.05, 3.63) is 101 Å². The summed E-state index contributed by atoms with van der Waals surface area (Å²) in [6.45, 7) is 0. The maximum atomic E-state index is 12.2. The molecule has 0 spiro atoms. The monoisotopic (exact) mass is 314 g/mol. The van der Waals surface area contributed by atoms with Gasteiger partial charge in [-0.15, -0.1) is 0 Å². The van der Waals surface area contributed by atoms with E-state index in [0.717, 1.165) is 11.1 Å². The molecule has 0 fully saturated rings. The second-order valence-electron chi connectivity index (χ2n) is 5.10. The van der Waals surface area contributed by atoms with Crippen molar-refractivity contribution in [2.75, 3.05) is 5.32 Å². The van der Waals surface area contributed by atoms with Crippen LogP contribution in [-0.2, 0) is 0 Å². The molecule has 1 N–H and O–H groups in total. The Balaban J connectivity index is 1.75. The van der Waals surface area contributed by atoms with Crippen molar-refractivity contribution in [2.24, 2.45) is 0 Å². The molecule has 1 heterocycles. The van der Waals surface area contributed by atoms with E-state index in [1.165, 1.54) is 24.5 Å². The fourth-order valence-electron chi connectivity index (χ4n) is 2.11. The number of hydrogen-bond acceptors (Lipinski definition) is 2. The van der Waals surface area contributed by atoms with Crippen molar-refractivity contribution in [1.82, 2.24) is 0 Å². The van der Waals surface area contributed by atoms with Crippen LogP contribution in [0.2, 0.25) is 0 Å². The first-order valence-corrected chi connectivity index (χ1v) is 7.38. The van der Waals surface area contributed by atoms with Gasteiger partial charge in [0.1, 0.15) is 0 Å². The van der Waals surface area contributed by atoms with E-state index in [2.05, 4.69) is 17.2 Å². The average Bonchev–Trinajstić information content (AvgIpc) is 2.62. The Kier molecular flexibility index (Phi) is 4.55. The SMILES string of the molecule is O=C(Nc1cccc(C#Cc2ccccc2)c1)c1cc[n+]([O-])cc1. The predicted molar refractivity (Wildman–Crippen MR) is 92.2 cm³/mol. The van der Waals surface area contributed by atoms with E-state index in [0.29, 0.717) is 16.0 Å². The number of anilines is 1. The van der Waals surface area contributed by atoms with E-state index in [9.17, 15) is 10.0 Å². The van der Waals surface area contributed by atoms with Gasteiger partial charge in [0, 0.05) is 28.9 Å². The van der Waals surface area contributed by atoms with Crippen molar-refractivity contribution in [1.29, 1.82) is 0 Å². The lowest BCUT2D eigenvalue weighted by molar-refractivity contribution is -0.605. The summed E-state index contributed by atoms with van der Waals surface area (Å²) < 4.78 is 0.635. The molecule has 116 valence electrons. The summed E-state index contributed by atoms with van der Waals surface area (Å²) >= 11 is 0. The number of carbonyl (C=O) groups excluding carboxylic acids is 1. The number of pyridine rings is 1. The highest BCUT2D eigenvalue weighted by Gasteiger charge is 2.07. The van der Waals surface area contributed by atoms with E-state index >= 15 is 0 Å². The van der Waals surface area contributed by atoms with Crippen LogP contribution >= 0.6 is 0 Å². The Bertz CT molecular complexity index is 908. The van der Waals surface area contributed by atoms with Crippen LogP contribution in [0.1, 0.15) is 21.5 Å². The number of amides is 1. The minimum Gasteiger partial charge on any atom is -0.619 e. The van der Waals surface area contributed by atoms with E-state index in [4.69, 9.17) is 0 Å². The van der Waals surface area contributed by atoms with Crippen LogP contribution in [0.3, 0.4) is 0 Å². The van der Waals surface area contributed by atoms with Gasteiger partial charge < -0.3 is 10.5 Å². The second kappa shape index (κ2) is 7.12. The summed E-state index contributed by atoms with van der Waals surface area (Å²) in [7, 11) is 0. The summed E-state index contributed by atoms with van der Waals surface area (Å²) in [5, 5.41) is 13.8. The molecule has 0 saturated heterocycles. The first kappa shape index (κ1) is 15.3. The molecular weight excluding hydrogens is 300 g/mol. The molecule has 2 aromatic carbocycles. The molecule has 0 aliphatic rings. The zero-order chi connectivity index (χ0) is 16.8. The highest BCUT2D eigenvalue weighted by molar-refractivity contribution is 6.04. The highest BCUT2D eigenvalue weighted by Crippen LogP contribution is 2.11. The normalized spacial score (nSPS) is 9.67. The minimum atomic E-state index is -0.274. The van der Waals surface area contributed by atoms with Gasteiger partial charge in [0.05, 0.1) is 5.56 Å². The van der Waals surface area contributed by atoms with Gasteiger partial charge in [-0.05, 0) is 30.3 Å². The van der Waals surface area contributed by atoms with E-state index in [1.54, 1.807) is 6.07 Å². The Morgan fingerprint density at radius 2 is 1.54 bits per heavy atom. The molecule has 0 radical (unpaired) electrons. The predicted octanol–water partition coefficient (Wildman–Crippen LogP) is 2.97. The lowest BCUT2D eigenvalue weighted by Gasteiger charge is -2.05. The van der Waals surface area contributed by atoms with Gasteiger partial charge in [0.15, 0.2) is 12.4 Å². The van der Waals surface area contributed by atoms with Crippen LogP contribution < -0.4 is 10.0 Å². The summed E-state index contributed by atoms with van der Waals surface area (Å²) in [4.78, 5) is 12.2. The average molecular weight is 314 g/mol. The van der Waals surface area contributed by atoms with Crippen LogP contribution in [0.25, 0.3) is 0 Å². The molecule has 24 heavy (non-hydrogen) atoms. The van der Waals surface area contributed by atoms with E-state index in [1.807, 2.05) is 48.5 Å². The minimum absolute atomic E-state index is 0.274. The lowest BCUT2D eigenvalue weighted by atomic mass is 10.1. The second-order valence-corrected chi connectivity index (χ2v) is 5.10. The van der Waals surface area contributed by atoms with Gasteiger partial charge in [0.25, 0.3) is 5.91 Å². The Labute approximate surface area is 140 Å². The molecule has 3 aromatic rings. The molecule has 1 amide bonds. The molecular formula is C20H14N2O2. The number of hydrogen-bond donors (Lipinski definition) is 1. The largest absolute Gasteiger partial charge is 0.619 e.